The number of halogens is 2. The lowest BCUT2D eigenvalue weighted by molar-refractivity contribution is 0.0970. The molecule has 0 N–H and O–H groups in total. The van der Waals surface area contributed by atoms with Crippen LogP contribution in [0.3, 0.4) is 0 Å². The number of aryl methyl sites for hydroxylation is 1. The summed E-state index contributed by atoms with van der Waals surface area (Å²) in [7, 11) is 0. The molecule has 0 saturated carbocycles. The van der Waals surface area contributed by atoms with Crippen LogP contribution in [0, 0.1) is 6.92 Å². The van der Waals surface area contributed by atoms with Crippen LogP contribution in [0.2, 0.25) is 10.0 Å². The van der Waals surface area contributed by atoms with Gasteiger partial charge in [-0.3, -0.25) is 14.5 Å². The Labute approximate surface area is 181 Å². The average Bonchev–Trinajstić information content (AvgIpc) is 3.03. The van der Waals surface area contributed by atoms with Crippen molar-refractivity contribution >= 4 is 45.9 Å². The Kier molecular flexibility index (Phi) is 4.38. The van der Waals surface area contributed by atoms with Crippen LogP contribution in [0.4, 0.5) is 5.82 Å². The highest BCUT2D eigenvalue weighted by molar-refractivity contribution is 6.42. The van der Waals surface area contributed by atoms with E-state index in [1.54, 1.807) is 54.7 Å². The van der Waals surface area contributed by atoms with Gasteiger partial charge in [0.15, 0.2) is 5.43 Å². The topological polar surface area (TPSA) is 63.4 Å². The zero-order valence-corrected chi connectivity index (χ0v) is 17.2. The highest BCUT2D eigenvalue weighted by Crippen LogP contribution is 2.41. The van der Waals surface area contributed by atoms with Crippen molar-refractivity contribution in [1.29, 1.82) is 0 Å². The Morgan fingerprint density at radius 3 is 2.57 bits per heavy atom. The number of pyridine rings is 1. The monoisotopic (exact) mass is 436 g/mol. The quantitative estimate of drug-likeness (QED) is 0.412. The summed E-state index contributed by atoms with van der Waals surface area (Å²) in [5.74, 6) is 0.00559. The summed E-state index contributed by atoms with van der Waals surface area (Å²) in [6.07, 6.45) is 1.62. The fourth-order valence-electron chi connectivity index (χ4n) is 3.81. The van der Waals surface area contributed by atoms with Gasteiger partial charge in [-0.2, -0.15) is 0 Å². The molecule has 0 spiro atoms. The molecule has 3 heterocycles. The molecule has 4 aromatic rings. The number of benzene rings is 2. The van der Waals surface area contributed by atoms with Crippen molar-refractivity contribution in [1.82, 2.24) is 4.98 Å². The Hall–Kier alpha value is -3.15. The maximum absolute atomic E-state index is 13.4. The first kappa shape index (κ1) is 18.9. The van der Waals surface area contributed by atoms with Crippen LogP contribution in [0.5, 0.6) is 0 Å². The van der Waals surface area contributed by atoms with E-state index in [9.17, 15) is 9.59 Å². The number of carbonyl (C=O) groups excluding carboxylic acids is 1. The van der Waals surface area contributed by atoms with Gasteiger partial charge in [-0.05, 0) is 54.4 Å². The second-order valence-corrected chi connectivity index (χ2v) is 7.93. The van der Waals surface area contributed by atoms with Crippen molar-refractivity contribution in [3.05, 3.63) is 104 Å². The number of carbonyl (C=O) groups is 1. The van der Waals surface area contributed by atoms with Gasteiger partial charge in [0.1, 0.15) is 11.4 Å². The van der Waals surface area contributed by atoms with Crippen LogP contribution in [0.25, 0.3) is 11.0 Å². The van der Waals surface area contributed by atoms with E-state index in [1.807, 2.05) is 13.0 Å². The largest absolute Gasteiger partial charge is 0.450 e. The van der Waals surface area contributed by atoms with E-state index in [-0.39, 0.29) is 16.8 Å². The van der Waals surface area contributed by atoms with Crippen molar-refractivity contribution < 1.29 is 9.21 Å². The molecule has 1 atom stereocenters. The van der Waals surface area contributed by atoms with Crippen LogP contribution >= 0.6 is 23.2 Å². The predicted octanol–water partition coefficient (Wildman–Crippen LogP) is 5.55. The van der Waals surface area contributed by atoms with Gasteiger partial charge in [-0.1, -0.05) is 41.4 Å². The molecule has 0 fully saturated rings. The van der Waals surface area contributed by atoms with Gasteiger partial charge in [0.2, 0.25) is 5.76 Å². The minimum atomic E-state index is -0.738. The Balaban J connectivity index is 1.83. The lowest BCUT2D eigenvalue weighted by Crippen LogP contribution is -2.30. The molecule has 30 heavy (non-hydrogen) atoms. The molecule has 0 saturated heterocycles. The highest BCUT2D eigenvalue weighted by Gasteiger charge is 2.44. The third kappa shape index (κ3) is 2.82. The zero-order valence-electron chi connectivity index (χ0n) is 15.7. The second kappa shape index (κ2) is 6.97. The first-order valence-corrected chi connectivity index (χ1v) is 9.98. The van der Waals surface area contributed by atoms with E-state index in [2.05, 4.69) is 4.98 Å². The Morgan fingerprint density at radius 1 is 1.00 bits per heavy atom. The summed E-state index contributed by atoms with van der Waals surface area (Å²) in [5, 5.41) is 1.13. The van der Waals surface area contributed by atoms with E-state index in [0.29, 0.717) is 32.4 Å². The van der Waals surface area contributed by atoms with Crippen molar-refractivity contribution in [3.63, 3.8) is 0 Å². The molecule has 5 rings (SSSR count). The SMILES string of the molecule is Cc1ccnc(N2C(=O)c3oc4ccccc4c(=O)c3[C@H]2c2ccc(Cl)c(Cl)c2)c1. The summed E-state index contributed by atoms with van der Waals surface area (Å²) in [5.41, 5.74) is 1.94. The molecule has 7 heteroatoms. The number of rotatable bonds is 2. The summed E-state index contributed by atoms with van der Waals surface area (Å²) in [6, 6.07) is 14.8. The molecule has 1 aliphatic heterocycles. The summed E-state index contributed by atoms with van der Waals surface area (Å²) < 4.78 is 5.91. The molecule has 2 aromatic heterocycles. The maximum Gasteiger partial charge on any atom is 0.296 e. The van der Waals surface area contributed by atoms with Crippen LogP contribution in [-0.2, 0) is 0 Å². The van der Waals surface area contributed by atoms with Gasteiger partial charge >= 0.3 is 0 Å². The van der Waals surface area contributed by atoms with Crippen molar-refractivity contribution in [3.8, 4) is 0 Å². The fourth-order valence-corrected chi connectivity index (χ4v) is 4.11. The number of fused-ring (bicyclic) bond motifs is 2. The normalized spacial score (nSPS) is 15.6. The number of hydrogen-bond acceptors (Lipinski definition) is 4. The maximum atomic E-state index is 13.4. The fraction of sp³-hybridized carbons (Fsp3) is 0.0870. The summed E-state index contributed by atoms with van der Waals surface area (Å²) in [6.45, 7) is 1.91. The number of aromatic nitrogens is 1. The number of hydrogen-bond donors (Lipinski definition) is 0. The molecule has 2 aromatic carbocycles. The minimum Gasteiger partial charge on any atom is -0.450 e. The molecule has 148 valence electrons. The van der Waals surface area contributed by atoms with Crippen molar-refractivity contribution in [2.24, 2.45) is 0 Å². The van der Waals surface area contributed by atoms with E-state index in [1.165, 1.54) is 4.90 Å². The molecular weight excluding hydrogens is 423 g/mol. The van der Waals surface area contributed by atoms with Crippen LogP contribution in [0.1, 0.15) is 33.3 Å². The van der Waals surface area contributed by atoms with Gasteiger partial charge in [0.25, 0.3) is 5.91 Å². The Morgan fingerprint density at radius 2 is 1.80 bits per heavy atom. The second-order valence-electron chi connectivity index (χ2n) is 7.11. The van der Waals surface area contributed by atoms with Crippen molar-refractivity contribution in [2.45, 2.75) is 13.0 Å². The molecule has 1 amide bonds. The summed E-state index contributed by atoms with van der Waals surface area (Å²) in [4.78, 5) is 32.7. The van der Waals surface area contributed by atoms with Gasteiger partial charge in [-0.25, -0.2) is 4.98 Å². The molecular formula is C23H14Cl2N2O3. The third-order valence-corrected chi connectivity index (χ3v) is 5.92. The standard InChI is InChI=1S/C23H14Cl2N2O3/c1-12-8-9-26-18(10-12)27-20(13-6-7-15(24)16(25)11-13)19-21(28)14-4-2-3-5-17(14)30-22(19)23(27)29/h2-11,20H,1H3/t20-/m1/s1. The van der Waals surface area contributed by atoms with E-state index in [4.69, 9.17) is 27.6 Å². The number of nitrogens with zero attached hydrogens (tertiary/aromatic N) is 2. The first-order chi connectivity index (χ1) is 14.5. The molecule has 5 nitrogen and oxygen atoms in total. The van der Waals surface area contributed by atoms with Gasteiger partial charge in [-0.15, -0.1) is 0 Å². The van der Waals surface area contributed by atoms with Crippen LogP contribution in [0.15, 0.2) is 70.0 Å². The number of anilines is 1. The van der Waals surface area contributed by atoms with Crippen LogP contribution in [-0.4, -0.2) is 10.9 Å². The zero-order chi connectivity index (χ0) is 21.0. The average molecular weight is 437 g/mol. The lowest BCUT2D eigenvalue weighted by Gasteiger charge is -2.24. The smallest absolute Gasteiger partial charge is 0.296 e. The molecule has 0 aliphatic carbocycles. The van der Waals surface area contributed by atoms with Crippen LogP contribution < -0.4 is 10.3 Å². The van der Waals surface area contributed by atoms with E-state index in [0.717, 1.165) is 5.56 Å². The third-order valence-electron chi connectivity index (χ3n) is 5.18. The molecule has 0 bridgehead atoms. The first-order valence-electron chi connectivity index (χ1n) is 9.22. The van der Waals surface area contributed by atoms with E-state index >= 15 is 0 Å². The molecule has 0 radical (unpaired) electrons. The number of amides is 1. The molecule has 1 aliphatic rings. The van der Waals surface area contributed by atoms with E-state index < -0.39 is 11.9 Å². The van der Waals surface area contributed by atoms with Gasteiger partial charge < -0.3 is 4.42 Å². The Bertz CT molecular complexity index is 1400. The summed E-state index contributed by atoms with van der Waals surface area (Å²) >= 11 is 12.4. The minimum absolute atomic E-state index is 0.0121. The number of para-hydroxylation sites is 1. The molecule has 0 unspecified atom stereocenters. The lowest BCUT2D eigenvalue weighted by atomic mass is 9.98. The predicted molar refractivity (Wildman–Crippen MR) is 117 cm³/mol. The van der Waals surface area contributed by atoms with Gasteiger partial charge in [0, 0.05) is 6.20 Å². The van der Waals surface area contributed by atoms with Gasteiger partial charge in [0.05, 0.1) is 27.0 Å². The van der Waals surface area contributed by atoms with Crippen molar-refractivity contribution in [2.75, 3.05) is 4.90 Å². The highest BCUT2D eigenvalue weighted by atomic mass is 35.5.